The summed E-state index contributed by atoms with van der Waals surface area (Å²) in [6.07, 6.45) is 9.49. The zero-order valence-electron chi connectivity index (χ0n) is 14.1. The molecule has 1 aromatic carbocycles. The number of fused-ring (bicyclic) bond motifs is 1. The average molecular weight is 312 g/mol. The maximum atomic E-state index is 12.4. The van der Waals surface area contributed by atoms with Crippen LogP contribution in [0.5, 0.6) is 0 Å². The summed E-state index contributed by atoms with van der Waals surface area (Å²) in [5, 5.41) is 4.50. The lowest BCUT2D eigenvalue weighted by atomic mass is 10.0. The maximum Gasteiger partial charge on any atom is 0.243 e. The Morgan fingerprint density at radius 2 is 1.83 bits per heavy atom. The number of carbonyl (C=O) groups is 1. The summed E-state index contributed by atoms with van der Waals surface area (Å²) < 4.78 is 0. The third kappa shape index (κ3) is 4.01. The Kier molecular flexibility index (Phi) is 5.47. The molecule has 2 atom stereocenters. The van der Waals surface area contributed by atoms with Gasteiger partial charge in [0, 0.05) is 5.92 Å². The molecule has 23 heavy (non-hydrogen) atoms. The van der Waals surface area contributed by atoms with Crippen LogP contribution in [0.1, 0.15) is 63.9 Å². The molecule has 1 N–H and O–H groups in total. The van der Waals surface area contributed by atoms with Gasteiger partial charge in [0.25, 0.3) is 0 Å². The Morgan fingerprint density at radius 1 is 1.13 bits per heavy atom. The predicted molar refractivity (Wildman–Crippen MR) is 94.2 cm³/mol. The van der Waals surface area contributed by atoms with Crippen molar-refractivity contribution in [2.75, 3.05) is 0 Å². The van der Waals surface area contributed by atoms with Crippen molar-refractivity contribution in [1.82, 2.24) is 5.43 Å². The molecule has 2 aliphatic carbocycles. The third-order valence-corrected chi connectivity index (χ3v) is 5.38. The van der Waals surface area contributed by atoms with E-state index in [1.54, 1.807) is 0 Å². The summed E-state index contributed by atoms with van der Waals surface area (Å²) in [4.78, 5) is 12.4. The van der Waals surface area contributed by atoms with Gasteiger partial charge in [-0.05, 0) is 43.1 Å². The molecular formula is C20H28N2O. The Balaban J connectivity index is 1.62. The number of amides is 1. The monoisotopic (exact) mass is 312 g/mol. The number of hydrazone groups is 1. The molecule has 0 spiro atoms. The van der Waals surface area contributed by atoms with Crippen LogP contribution in [-0.4, -0.2) is 11.6 Å². The second-order valence-corrected chi connectivity index (χ2v) is 7.00. The van der Waals surface area contributed by atoms with Gasteiger partial charge in [-0.3, -0.25) is 4.79 Å². The van der Waals surface area contributed by atoms with E-state index in [4.69, 9.17) is 0 Å². The van der Waals surface area contributed by atoms with Crippen LogP contribution in [0.3, 0.4) is 0 Å². The van der Waals surface area contributed by atoms with Crippen molar-refractivity contribution >= 4 is 11.6 Å². The Morgan fingerprint density at radius 3 is 2.48 bits per heavy atom. The molecule has 124 valence electrons. The van der Waals surface area contributed by atoms with E-state index in [1.165, 1.54) is 38.5 Å². The van der Waals surface area contributed by atoms with E-state index in [9.17, 15) is 4.79 Å². The molecule has 3 rings (SSSR count). The van der Waals surface area contributed by atoms with E-state index in [-0.39, 0.29) is 11.8 Å². The van der Waals surface area contributed by atoms with Crippen LogP contribution in [0.15, 0.2) is 35.4 Å². The first-order chi connectivity index (χ1) is 11.3. The highest BCUT2D eigenvalue weighted by molar-refractivity contribution is 6.01. The molecule has 2 fully saturated rings. The van der Waals surface area contributed by atoms with Gasteiger partial charge in [0.15, 0.2) is 0 Å². The molecule has 3 nitrogen and oxygen atoms in total. The van der Waals surface area contributed by atoms with Crippen molar-refractivity contribution in [3.8, 4) is 0 Å². The summed E-state index contributed by atoms with van der Waals surface area (Å²) in [5.41, 5.74) is 5.01. The number of carbonyl (C=O) groups excluding carboxylic acids is 1. The fraction of sp³-hybridized carbons (Fsp3) is 0.600. The number of nitrogens with zero attached hydrogens (tertiary/aromatic N) is 1. The zero-order chi connectivity index (χ0) is 16.1. The van der Waals surface area contributed by atoms with Crippen molar-refractivity contribution < 1.29 is 4.79 Å². The van der Waals surface area contributed by atoms with Crippen molar-refractivity contribution in [3.63, 3.8) is 0 Å². The Bertz CT molecular complexity index is 540. The van der Waals surface area contributed by atoms with Crippen molar-refractivity contribution in [2.24, 2.45) is 22.9 Å². The molecule has 3 heteroatoms. The molecule has 2 aliphatic rings. The fourth-order valence-electron chi connectivity index (χ4n) is 4.02. The summed E-state index contributed by atoms with van der Waals surface area (Å²) in [7, 11) is 0. The molecule has 0 aromatic heterocycles. The third-order valence-electron chi connectivity index (χ3n) is 5.38. The van der Waals surface area contributed by atoms with Gasteiger partial charge < -0.3 is 0 Å². The number of hydrogen-bond donors (Lipinski definition) is 1. The zero-order valence-corrected chi connectivity index (χ0v) is 14.1. The molecule has 0 bridgehead atoms. The van der Waals surface area contributed by atoms with Crippen molar-refractivity contribution in [3.05, 3.63) is 35.9 Å². The minimum Gasteiger partial charge on any atom is -0.273 e. The van der Waals surface area contributed by atoms with Gasteiger partial charge in [-0.1, -0.05) is 62.9 Å². The van der Waals surface area contributed by atoms with Crippen LogP contribution < -0.4 is 5.43 Å². The Labute approximate surface area is 139 Å². The van der Waals surface area contributed by atoms with Gasteiger partial charge in [0.2, 0.25) is 5.91 Å². The van der Waals surface area contributed by atoms with E-state index in [0.717, 1.165) is 24.1 Å². The summed E-state index contributed by atoms with van der Waals surface area (Å²) in [5.74, 6) is 1.65. The molecule has 0 aliphatic heterocycles. The van der Waals surface area contributed by atoms with Gasteiger partial charge in [0.1, 0.15) is 0 Å². The number of unbranched alkanes of at least 4 members (excludes halogenated alkanes) is 2. The molecule has 0 saturated heterocycles. The fourth-order valence-corrected chi connectivity index (χ4v) is 4.02. The molecule has 1 amide bonds. The van der Waals surface area contributed by atoms with Crippen LogP contribution in [-0.2, 0) is 4.79 Å². The first-order valence-corrected chi connectivity index (χ1v) is 9.23. The smallest absolute Gasteiger partial charge is 0.243 e. The molecule has 2 saturated carbocycles. The minimum atomic E-state index is 0.144. The highest BCUT2D eigenvalue weighted by Crippen LogP contribution is 2.55. The molecule has 1 aromatic rings. The highest BCUT2D eigenvalue weighted by Gasteiger charge is 2.54. The van der Waals surface area contributed by atoms with Gasteiger partial charge in [-0.2, -0.15) is 5.10 Å². The number of hydrogen-bond acceptors (Lipinski definition) is 2. The van der Waals surface area contributed by atoms with E-state index in [2.05, 4.69) is 29.6 Å². The normalized spacial score (nSPS) is 26.5. The lowest BCUT2D eigenvalue weighted by molar-refractivity contribution is -0.122. The van der Waals surface area contributed by atoms with Crippen LogP contribution in [0, 0.1) is 17.8 Å². The summed E-state index contributed by atoms with van der Waals surface area (Å²) in [6.45, 7) is 2.20. The van der Waals surface area contributed by atoms with Crippen LogP contribution >= 0.6 is 0 Å². The van der Waals surface area contributed by atoms with Crippen molar-refractivity contribution in [1.29, 1.82) is 0 Å². The highest BCUT2D eigenvalue weighted by atomic mass is 16.2. The first-order valence-electron chi connectivity index (χ1n) is 9.23. The van der Waals surface area contributed by atoms with E-state index < -0.39 is 0 Å². The van der Waals surface area contributed by atoms with E-state index in [1.807, 2.05) is 18.2 Å². The van der Waals surface area contributed by atoms with E-state index in [0.29, 0.717) is 11.8 Å². The van der Waals surface area contributed by atoms with Crippen LogP contribution in [0.2, 0.25) is 0 Å². The minimum absolute atomic E-state index is 0.144. The molecule has 0 heterocycles. The van der Waals surface area contributed by atoms with Crippen molar-refractivity contribution in [2.45, 2.75) is 58.3 Å². The van der Waals surface area contributed by atoms with Crippen LogP contribution in [0.25, 0.3) is 0 Å². The lowest BCUT2D eigenvalue weighted by Crippen LogP contribution is -2.23. The van der Waals surface area contributed by atoms with Gasteiger partial charge in [-0.15, -0.1) is 0 Å². The quantitative estimate of drug-likeness (QED) is 0.449. The van der Waals surface area contributed by atoms with Gasteiger partial charge in [-0.25, -0.2) is 5.43 Å². The van der Waals surface area contributed by atoms with Gasteiger partial charge >= 0.3 is 0 Å². The number of rotatable bonds is 7. The molecule has 0 unspecified atom stereocenters. The predicted octanol–water partition coefficient (Wildman–Crippen LogP) is 4.52. The topological polar surface area (TPSA) is 41.5 Å². The second-order valence-electron chi connectivity index (χ2n) is 7.00. The summed E-state index contributed by atoms with van der Waals surface area (Å²) >= 11 is 0. The first kappa shape index (κ1) is 16.2. The Hall–Kier alpha value is -1.64. The SMILES string of the molecule is CCCCCC(=NNC(=O)C1[C@@H]2CCCC[C@@H]12)c1ccccc1. The summed E-state index contributed by atoms with van der Waals surface area (Å²) in [6, 6.07) is 10.2. The standard InChI is InChI=1S/C20H28N2O/c1-2-3-5-14-18(15-10-6-4-7-11-15)21-22-20(23)19-16-12-8-9-13-17(16)19/h4,6-7,10-11,16-17,19H,2-3,5,8-9,12-14H2,1H3,(H,22,23)/t16-,17-/m1/s1. The largest absolute Gasteiger partial charge is 0.273 e. The van der Waals surface area contributed by atoms with E-state index >= 15 is 0 Å². The van der Waals surface area contributed by atoms with Crippen LogP contribution in [0.4, 0.5) is 0 Å². The number of benzene rings is 1. The maximum absolute atomic E-state index is 12.4. The average Bonchev–Trinajstić information content (AvgIpc) is 3.33. The molecule has 0 radical (unpaired) electrons. The number of nitrogens with one attached hydrogen (secondary N) is 1. The molecular weight excluding hydrogens is 284 g/mol. The van der Waals surface area contributed by atoms with Gasteiger partial charge in [0.05, 0.1) is 5.71 Å². The second kappa shape index (κ2) is 7.76. The lowest BCUT2D eigenvalue weighted by Gasteiger charge is -2.07.